The summed E-state index contributed by atoms with van der Waals surface area (Å²) in [5.41, 5.74) is 14.6. The Morgan fingerprint density at radius 3 is 2.45 bits per heavy atom. The van der Waals surface area contributed by atoms with E-state index in [1.165, 1.54) is 10.9 Å². The van der Waals surface area contributed by atoms with Gasteiger partial charge in [0.25, 0.3) is 5.91 Å². The average Bonchev–Trinajstić information content (AvgIpc) is 3.48. The van der Waals surface area contributed by atoms with Gasteiger partial charge in [0.2, 0.25) is 11.9 Å². The zero-order chi connectivity index (χ0) is 26.9. The molecule has 11 nitrogen and oxygen atoms in total. The van der Waals surface area contributed by atoms with Crippen molar-refractivity contribution in [3.63, 3.8) is 0 Å². The number of anilines is 1. The zero-order valence-corrected chi connectivity index (χ0v) is 21.6. The standard InChI is InChI=1S/C27H32N8O3/c1-27(21-7-8-21,20-5-3-17(4-6-20)18-11-30-26(29)31-12-18)25(28)33-24(37)19-13-32-35(14-19)16-23(36)34-10-9-22(15-34)38-2/h3-6,11-14,21-22H,7-10,15-16H2,1-2H3,(H2,28,33,37)(H2,29,30,31). The first-order valence-electron chi connectivity index (χ1n) is 12.7. The van der Waals surface area contributed by atoms with Gasteiger partial charge in [0.1, 0.15) is 12.4 Å². The molecule has 1 aromatic carbocycles. The van der Waals surface area contributed by atoms with Gasteiger partial charge in [-0.25, -0.2) is 9.97 Å². The zero-order valence-electron chi connectivity index (χ0n) is 21.6. The molecule has 0 spiro atoms. The first-order valence-corrected chi connectivity index (χ1v) is 12.7. The molecule has 2 unspecified atom stereocenters. The van der Waals surface area contributed by atoms with Crippen molar-refractivity contribution in [3.8, 4) is 11.1 Å². The number of aliphatic imine (C=N–C) groups is 1. The van der Waals surface area contributed by atoms with Gasteiger partial charge < -0.3 is 21.1 Å². The Bertz CT molecular complexity index is 1350. The largest absolute Gasteiger partial charge is 0.386 e. The van der Waals surface area contributed by atoms with Crippen molar-refractivity contribution >= 4 is 23.6 Å². The lowest BCUT2D eigenvalue weighted by Crippen LogP contribution is -2.41. The predicted molar refractivity (Wildman–Crippen MR) is 142 cm³/mol. The number of rotatable bonds is 8. The number of hydrogen-bond acceptors (Lipinski definition) is 7. The molecule has 1 saturated carbocycles. The summed E-state index contributed by atoms with van der Waals surface area (Å²) in [5.74, 6) is 0.236. The van der Waals surface area contributed by atoms with Crippen molar-refractivity contribution in [1.29, 1.82) is 0 Å². The van der Waals surface area contributed by atoms with Gasteiger partial charge >= 0.3 is 0 Å². The normalized spacial score (nSPS) is 19.4. The van der Waals surface area contributed by atoms with Gasteiger partial charge in [0, 0.05) is 44.4 Å². The number of ether oxygens (including phenoxy) is 1. The fourth-order valence-electron chi connectivity index (χ4n) is 4.99. The maximum atomic E-state index is 13.0. The Kier molecular flexibility index (Phi) is 6.94. The molecule has 2 atom stereocenters. The SMILES string of the molecule is COC1CCN(C(=O)Cn2cc(C(=O)N=C(N)C(C)(c3ccc(-c4cnc(N)nc4)cc3)C3CC3)cn2)C1. The Hall–Kier alpha value is -4.12. The lowest BCUT2D eigenvalue weighted by atomic mass is 9.76. The molecule has 1 aliphatic carbocycles. The van der Waals surface area contributed by atoms with Crippen molar-refractivity contribution in [2.45, 2.75) is 44.2 Å². The van der Waals surface area contributed by atoms with Crippen LogP contribution in [0, 0.1) is 5.92 Å². The first-order chi connectivity index (χ1) is 18.3. The number of benzene rings is 1. The molecule has 3 heterocycles. The first kappa shape index (κ1) is 25.5. The number of carbonyl (C=O) groups is 2. The van der Waals surface area contributed by atoms with E-state index in [1.54, 1.807) is 30.6 Å². The summed E-state index contributed by atoms with van der Waals surface area (Å²) < 4.78 is 6.79. The Morgan fingerprint density at radius 2 is 1.82 bits per heavy atom. The van der Waals surface area contributed by atoms with Crippen molar-refractivity contribution in [3.05, 3.63) is 60.2 Å². The minimum absolute atomic E-state index is 0.0497. The number of methoxy groups -OCH3 is 1. The van der Waals surface area contributed by atoms with Crippen LogP contribution in [-0.4, -0.2) is 68.6 Å². The van der Waals surface area contributed by atoms with Crippen molar-refractivity contribution < 1.29 is 14.3 Å². The molecule has 2 aromatic heterocycles. The minimum atomic E-state index is -0.592. The second-order valence-electron chi connectivity index (χ2n) is 10.1. The monoisotopic (exact) mass is 516 g/mol. The molecule has 4 N–H and O–H groups in total. The number of carbonyl (C=O) groups excluding carboxylic acids is 2. The van der Waals surface area contributed by atoms with Crippen LogP contribution in [0.1, 0.15) is 42.1 Å². The summed E-state index contributed by atoms with van der Waals surface area (Å²) in [4.78, 5) is 39.8. The van der Waals surface area contributed by atoms with Crippen LogP contribution in [0.4, 0.5) is 5.95 Å². The van der Waals surface area contributed by atoms with Crippen LogP contribution in [0.25, 0.3) is 11.1 Å². The van der Waals surface area contributed by atoms with Crippen LogP contribution in [-0.2, 0) is 21.5 Å². The van der Waals surface area contributed by atoms with Crippen LogP contribution >= 0.6 is 0 Å². The lowest BCUT2D eigenvalue weighted by Gasteiger charge is -2.30. The molecule has 2 amide bonds. The smallest absolute Gasteiger partial charge is 0.281 e. The number of nitrogen functional groups attached to an aromatic ring is 1. The number of aromatic nitrogens is 4. The highest BCUT2D eigenvalue weighted by molar-refractivity contribution is 6.06. The van der Waals surface area contributed by atoms with Gasteiger partial charge in [-0.15, -0.1) is 0 Å². The average molecular weight is 517 g/mol. The molecule has 5 rings (SSSR count). The Labute approximate surface area is 220 Å². The molecular formula is C27H32N8O3. The summed E-state index contributed by atoms with van der Waals surface area (Å²) >= 11 is 0. The summed E-state index contributed by atoms with van der Waals surface area (Å²) in [5, 5.41) is 4.20. The van der Waals surface area contributed by atoms with Gasteiger partial charge in [-0.3, -0.25) is 14.3 Å². The molecule has 2 fully saturated rings. The van der Waals surface area contributed by atoms with E-state index in [9.17, 15) is 9.59 Å². The van der Waals surface area contributed by atoms with Crippen LogP contribution in [0.2, 0.25) is 0 Å². The van der Waals surface area contributed by atoms with Gasteiger partial charge in [-0.2, -0.15) is 10.1 Å². The third kappa shape index (κ3) is 5.14. The van der Waals surface area contributed by atoms with Crippen molar-refractivity contribution in [1.82, 2.24) is 24.6 Å². The quantitative estimate of drug-likeness (QED) is 0.340. The van der Waals surface area contributed by atoms with Gasteiger partial charge in [-0.1, -0.05) is 24.3 Å². The van der Waals surface area contributed by atoms with Gasteiger partial charge in [-0.05, 0) is 43.2 Å². The van der Waals surface area contributed by atoms with Gasteiger partial charge in [0.05, 0.1) is 23.3 Å². The van der Waals surface area contributed by atoms with Crippen LogP contribution in [0.15, 0.2) is 54.0 Å². The fourth-order valence-corrected chi connectivity index (χ4v) is 4.99. The number of likely N-dealkylation sites (tertiary alicyclic amines) is 1. The minimum Gasteiger partial charge on any atom is -0.386 e. The van der Waals surface area contributed by atoms with E-state index < -0.39 is 11.3 Å². The molecule has 198 valence electrons. The van der Waals surface area contributed by atoms with E-state index >= 15 is 0 Å². The van der Waals surface area contributed by atoms with Gasteiger partial charge in [0.15, 0.2) is 0 Å². The maximum Gasteiger partial charge on any atom is 0.281 e. The third-order valence-corrected chi connectivity index (χ3v) is 7.65. The summed E-state index contributed by atoms with van der Waals surface area (Å²) in [6, 6.07) is 7.98. The summed E-state index contributed by atoms with van der Waals surface area (Å²) in [6.45, 7) is 3.30. The molecule has 0 radical (unpaired) electrons. The maximum absolute atomic E-state index is 13.0. The van der Waals surface area contributed by atoms with E-state index in [2.05, 4.69) is 20.1 Å². The molecule has 0 bridgehead atoms. The van der Waals surface area contributed by atoms with E-state index in [-0.39, 0.29) is 35.9 Å². The molecule has 38 heavy (non-hydrogen) atoms. The van der Waals surface area contributed by atoms with Crippen molar-refractivity contribution in [2.24, 2.45) is 16.6 Å². The van der Waals surface area contributed by atoms with E-state index in [4.69, 9.17) is 16.2 Å². The van der Waals surface area contributed by atoms with E-state index in [0.29, 0.717) is 19.0 Å². The summed E-state index contributed by atoms with van der Waals surface area (Å²) in [6.07, 6.45) is 9.23. The summed E-state index contributed by atoms with van der Waals surface area (Å²) in [7, 11) is 1.65. The molecule has 2 aliphatic rings. The fraction of sp³-hybridized carbons (Fsp3) is 0.407. The second-order valence-corrected chi connectivity index (χ2v) is 10.1. The third-order valence-electron chi connectivity index (χ3n) is 7.65. The topological polar surface area (TPSA) is 155 Å². The molecule has 3 aromatic rings. The molecule has 1 aliphatic heterocycles. The number of nitrogens with zero attached hydrogens (tertiary/aromatic N) is 6. The predicted octanol–water partition coefficient (Wildman–Crippen LogP) is 2.03. The Balaban J connectivity index is 1.30. The highest BCUT2D eigenvalue weighted by Crippen LogP contribution is 2.47. The van der Waals surface area contributed by atoms with Crippen molar-refractivity contribution in [2.75, 3.05) is 25.9 Å². The van der Waals surface area contributed by atoms with Crippen LogP contribution in [0.5, 0.6) is 0 Å². The van der Waals surface area contributed by atoms with E-state index in [0.717, 1.165) is 36.0 Å². The highest BCUT2D eigenvalue weighted by atomic mass is 16.5. The number of nitrogens with two attached hydrogens (primary N) is 2. The Morgan fingerprint density at radius 1 is 1.11 bits per heavy atom. The van der Waals surface area contributed by atoms with Crippen LogP contribution in [0.3, 0.4) is 0 Å². The number of amides is 2. The molecule has 1 saturated heterocycles. The number of hydrogen-bond donors (Lipinski definition) is 2. The second kappa shape index (κ2) is 10.3. The molecule has 11 heteroatoms. The number of amidine groups is 1. The highest BCUT2D eigenvalue weighted by Gasteiger charge is 2.46. The lowest BCUT2D eigenvalue weighted by molar-refractivity contribution is -0.131. The van der Waals surface area contributed by atoms with Crippen LogP contribution < -0.4 is 11.5 Å². The molecular weight excluding hydrogens is 484 g/mol. The van der Waals surface area contributed by atoms with E-state index in [1.807, 2.05) is 31.2 Å².